The second-order valence-electron chi connectivity index (χ2n) is 3.98. The van der Waals surface area contributed by atoms with Crippen LogP contribution in [-0.4, -0.2) is 25.9 Å². The van der Waals surface area contributed by atoms with Crippen molar-refractivity contribution in [2.75, 3.05) is 19.8 Å². The predicted octanol–water partition coefficient (Wildman–Crippen LogP) is 1.30. The monoisotopic (exact) mass is 156 g/mol. The Morgan fingerprint density at radius 1 is 1.18 bits per heavy atom. The molecule has 3 unspecified atom stereocenters. The molecule has 0 spiro atoms. The molecular weight excluding hydrogens is 140 g/mol. The zero-order chi connectivity index (χ0) is 7.84. The van der Waals surface area contributed by atoms with E-state index in [-0.39, 0.29) is 0 Å². The molecule has 2 rings (SSSR count). The van der Waals surface area contributed by atoms with Crippen LogP contribution >= 0.6 is 0 Å². The van der Waals surface area contributed by atoms with Gasteiger partial charge in [-0.1, -0.05) is 13.8 Å². The molecule has 0 amide bonds. The second-order valence-corrected chi connectivity index (χ2v) is 3.98. The predicted molar refractivity (Wildman–Crippen MR) is 42.4 cm³/mol. The summed E-state index contributed by atoms with van der Waals surface area (Å²) in [6.45, 7) is 7.25. The molecule has 0 aromatic rings. The van der Waals surface area contributed by atoms with Crippen LogP contribution in [0.5, 0.6) is 0 Å². The van der Waals surface area contributed by atoms with Gasteiger partial charge in [-0.3, -0.25) is 0 Å². The van der Waals surface area contributed by atoms with Gasteiger partial charge in [-0.05, 0) is 11.8 Å². The van der Waals surface area contributed by atoms with Crippen molar-refractivity contribution >= 4 is 0 Å². The van der Waals surface area contributed by atoms with E-state index < -0.39 is 0 Å². The van der Waals surface area contributed by atoms with Crippen LogP contribution in [0.15, 0.2) is 0 Å². The van der Waals surface area contributed by atoms with Gasteiger partial charge in [-0.25, -0.2) is 0 Å². The Morgan fingerprint density at radius 3 is 2.73 bits per heavy atom. The molecule has 0 aromatic heterocycles. The number of ether oxygens (including phenoxy) is 2. The molecule has 2 aliphatic heterocycles. The summed E-state index contributed by atoms with van der Waals surface area (Å²) >= 11 is 0. The molecule has 0 aliphatic carbocycles. The Hall–Kier alpha value is -0.0800. The van der Waals surface area contributed by atoms with Crippen LogP contribution in [0.25, 0.3) is 0 Å². The van der Waals surface area contributed by atoms with Crippen molar-refractivity contribution in [2.45, 2.75) is 20.0 Å². The smallest absolute Gasteiger partial charge is 0.0862 e. The van der Waals surface area contributed by atoms with Crippen molar-refractivity contribution in [3.8, 4) is 0 Å². The highest BCUT2D eigenvalue weighted by Gasteiger charge is 2.42. The molecule has 2 nitrogen and oxygen atoms in total. The summed E-state index contributed by atoms with van der Waals surface area (Å²) in [5.74, 6) is 2.17. The highest BCUT2D eigenvalue weighted by molar-refractivity contribution is 4.88. The van der Waals surface area contributed by atoms with E-state index in [1.807, 2.05) is 0 Å². The maximum absolute atomic E-state index is 5.63. The zero-order valence-corrected chi connectivity index (χ0v) is 7.25. The van der Waals surface area contributed by atoms with Crippen LogP contribution in [0.1, 0.15) is 13.8 Å². The molecule has 2 aliphatic rings. The summed E-state index contributed by atoms with van der Waals surface area (Å²) in [5, 5.41) is 0. The van der Waals surface area contributed by atoms with Gasteiger partial charge < -0.3 is 9.47 Å². The highest BCUT2D eigenvalue weighted by Crippen LogP contribution is 2.36. The molecule has 0 bridgehead atoms. The van der Waals surface area contributed by atoms with E-state index in [0.717, 1.165) is 31.7 Å². The van der Waals surface area contributed by atoms with Crippen molar-refractivity contribution in [3.63, 3.8) is 0 Å². The van der Waals surface area contributed by atoms with Crippen molar-refractivity contribution in [1.82, 2.24) is 0 Å². The first-order valence-electron chi connectivity index (χ1n) is 4.48. The molecular formula is C9H16O2. The van der Waals surface area contributed by atoms with Gasteiger partial charge in [0.2, 0.25) is 0 Å². The lowest BCUT2D eigenvalue weighted by Crippen LogP contribution is -2.21. The fraction of sp³-hybridized carbons (Fsp3) is 1.00. The first-order chi connectivity index (χ1) is 5.29. The molecule has 0 saturated carbocycles. The van der Waals surface area contributed by atoms with Crippen molar-refractivity contribution in [2.24, 2.45) is 17.8 Å². The van der Waals surface area contributed by atoms with E-state index >= 15 is 0 Å². The van der Waals surface area contributed by atoms with Crippen LogP contribution in [0.3, 0.4) is 0 Å². The largest absolute Gasteiger partial charge is 0.378 e. The van der Waals surface area contributed by atoms with E-state index in [4.69, 9.17) is 9.47 Å². The van der Waals surface area contributed by atoms with Crippen molar-refractivity contribution in [3.05, 3.63) is 0 Å². The standard InChI is InChI=1S/C9H16O2/c1-6(2)7-4-11-9-5-10-3-8(7)9/h6-9H,3-5H2,1-2H3. The molecule has 11 heavy (non-hydrogen) atoms. The van der Waals surface area contributed by atoms with Gasteiger partial charge in [-0.2, -0.15) is 0 Å². The lowest BCUT2D eigenvalue weighted by atomic mass is 9.85. The average Bonchev–Trinajstić information content (AvgIpc) is 2.41. The number of rotatable bonds is 1. The van der Waals surface area contributed by atoms with E-state index in [2.05, 4.69) is 13.8 Å². The SMILES string of the molecule is CC(C)C1COC2COCC21. The fourth-order valence-corrected chi connectivity index (χ4v) is 2.17. The minimum absolute atomic E-state index is 0.419. The number of fused-ring (bicyclic) bond motifs is 1. The molecule has 2 fully saturated rings. The molecule has 2 heteroatoms. The van der Waals surface area contributed by atoms with Gasteiger partial charge in [0.25, 0.3) is 0 Å². The summed E-state index contributed by atoms with van der Waals surface area (Å²) in [6, 6.07) is 0. The molecule has 2 heterocycles. The lowest BCUT2D eigenvalue weighted by Gasteiger charge is -2.17. The Bertz CT molecular complexity index is 144. The topological polar surface area (TPSA) is 18.5 Å². The Labute approximate surface area is 67.9 Å². The second kappa shape index (κ2) is 2.76. The highest BCUT2D eigenvalue weighted by atomic mass is 16.6. The first kappa shape index (κ1) is 7.56. The summed E-state index contributed by atoms with van der Waals surface area (Å²) in [6.07, 6.45) is 0.419. The molecule has 0 aromatic carbocycles. The quantitative estimate of drug-likeness (QED) is 0.569. The Balaban J connectivity index is 2.03. The van der Waals surface area contributed by atoms with Crippen LogP contribution in [0.2, 0.25) is 0 Å². The van der Waals surface area contributed by atoms with E-state index in [1.54, 1.807) is 0 Å². The zero-order valence-electron chi connectivity index (χ0n) is 7.25. The first-order valence-corrected chi connectivity index (χ1v) is 4.48. The summed E-state index contributed by atoms with van der Waals surface area (Å²) in [4.78, 5) is 0. The van der Waals surface area contributed by atoms with Crippen LogP contribution in [0.4, 0.5) is 0 Å². The number of hydrogen-bond donors (Lipinski definition) is 0. The Kier molecular flexibility index (Phi) is 1.90. The van der Waals surface area contributed by atoms with Crippen molar-refractivity contribution in [1.29, 1.82) is 0 Å². The number of hydrogen-bond acceptors (Lipinski definition) is 2. The van der Waals surface area contributed by atoms with Gasteiger partial charge in [-0.15, -0.1) is 0 Å². The van der Waals surface area contributed by atoms with Crippen LogP contribution in [-0.2, 0) is 9.47 Å². The normalized spacial score (nSPS) is 43.4. The van der Waals surface area contributed by atoms with Gasteiger partial charge in [0.05, 0.1) is 25.9 Å². The molecule has 2 saturated heterocycles. The summed E-state index contributed by atoms with van der Waals surface area (Å²) < 4.78 is 11.0. The van der Waals surface area contributed by atoms with E-state index in [0.29, 0.717) is 12.0 Å². The molecule has 0 N–H and O–H groups in total. The maximum atomic E-state index is 5.63. The summed E-state index contributed by atoms with van der Waals surface area (Å²) in [5.41, 5.74) is 0. The lowest BCUT2D eigenvalue weighted by molar-refractivity contribution is 0.0606. The van der Waals surface area contributed by atoms with Gasteiger partial charge >= 0.3 is 0 Å². The van der Waals surface area contributed by atoms with Gasteiger partial charge in [0.15, 0.2) is 0 Å². The average molecular weight is 156 g/mol. The Morgan fingerprint density at radius 2 is 2.00 bits per heavy atom. The van der Waals surface area contributed by atoms with Crippen LogP contribution < -0.4 is 0 Å². The minimum Gasteiger partial charge on any atom is -0.378 e. The van der Waals surface area contributed by atoms with E-state index in [1.165, 1.54) is 0 Å². The van der Waals surface area contributed by atoms with E-state index in [9.17, 15) is 0 Å². The molecule has 3 atom stereocenters. The third-order valence-corrected chi connectivity index (χ3v) is 2.98. The molecule has 0 radical (unpaired) electrons. The van der Waals surface area contributed by atoms with Crippen molar-refractivity contribution < 1.29 is 9.47 Å². The summed E-state index contributed by atoms with van der Waals surface area (Å²) in [7, 11) is 0. The molecule has 64 valence electrons. The van der Waals surface area contributed by atoms with Gasteiger partial charge in [0, 0.05) is 5.92 Å². The van der Waals surface area contributed by atoms with Crippen LogP contribution in [0, 0.1) is 17.8 Å². The maximum Gasteiger partial charge on any atom is 0.0862 e. The van der Waals surface area contributed by atoms with Gasteiger partial charge in [0.1, 0.15) is 0 Å². The fourth-order valence-electron chi connectivity index (χ4n) is 2.17. The third kappa shape index (κ3) is 1.18. The minimum atomic E-state index is 0.419. The third-order valence-electron chi connectivity index (χ3n) is 2.98.